The normalized spacial score (nSPS) is 14.6. The van der Waals surface area contributed by atoms with Gasteiger partial charge in [0.05, 0.1) is 12.2 Å². The third-order valence-electron chi connectivity index (χ3n) is 1.93. The van der Waals surface area contributed by atoms with Crippen LogP contribution >= 0.6 is 19.2 Å². The first-order valence-electron chi connectivity index (χ1n) is 6.02. The number of aliphatic hydroxyl groups is 1. The highest BCUT2D eigenvalue weighted by atomic mass is 35.5. The average molecular weight is 287 g/mol. The van der Waals surface area contributed by atoms with Gasteiger partial charge in [0.2, 0.25) is 0 Å². The van der Waals surface area contributed by atoms with E-state index in [9.17, 15) is 9.67 Å². The first kappa shape index (κ1) is 17.4. The largest absolute Gasteiger partial charge is 0.380 e. The lowest BCUT2D eigenvalue weighted by molar-refractivity contribution is 0.0974. The molecule has 0 unspecified atom stereocenters. The van der Waals surface area contributed by atoms with E-state index in [-0.39, 0.29) is 12.2 Å². The van der Waals surface area contributed by atoms with E-state index >= 15 is 0 Å². The number of hydrogen-bond donors (Lipinski definition) is 1. The van der Waals surface area contributed by atoms with Crippen molar-refractivity contribution in [3.05, 3.63) is 0 Å². The molecule has 0 aromatic heterocycles. The summed E-state index contributed by atoms with van der Waals surface area (Å²) >= 11 is 5.55. The van der Waals surface area contributed by atoms with E-state index in [2.05, 4.69) is 0 Å². The van der Waals surface area contributed by atoms with E-state index in [0.717, 1.165) is 6.42 Å². The zero-order chi connectivity index (χ0) is 13.5. The molecule has 0 aliphatic rings. The zero-order valence-electron chi connectivity index (χ0n) is 11.1. The Balaban J connectivity index is 4.49. The molecule has 0 bridgehead atoms. The van der Waals surface area contributed by atoms with Crippen molar-refractivity contribution in [3.8, 4) is 0 Å². The van der Waals surface area contributed by atoms with Crippen molar-refractivity contribution in [2.24, 2.45) is 0 Å². The second-order valence-corrected chi connectivity index (χ2v) is 6.99. The van der Waals surface area contributed by atoms with Crippen molar-refractivity contribution in [2.75, 3.05) is 5.88 Å². The van der Waals surface area contributed by atoms with Crippen LogP contribution in [0.4, 0.5) is 0 Å². The van der Waals surface area contributed by atoms with Crippen molar-refractivity contribution >= 4 is 19.2 Å². The molecular weight excluding hydrogens is 263 g/mol. The molecular formula is C11H24ClO4P. The van der Waals surface area contributed by atoms with Gasteiger partial charge in [-0.25, -0.2) is 0 Å². The predicted molar refractivity (Wildman–Crippen MR) is 70.6 cm³/mol. The smallest absolute Gasteiger partial charge is 0.359 e. The number of alkyl halides is 1. The van der Waals surface area contributed by atoms with Gasteiger partial charge in [-0.15, -0.1) is 11.6 Å². The number of aliphatic hydroxyl groups excluding tert-OH is 1. The van der Waals surface area contributed by atoms with Crippen molar-refractivity contribution in [3.63, 3.8) is 0 Å². The van der Waals surface area contributed by atoms with E-state index in [4.69, 9.17) is 20.6 Å². The molecule has 0 spiro atoms. The molecule has 0 fully saturated rings. The summed E-state index contributed by atoms with van der Waals surface area (Å²) in [7, 11) is -3.45. The second kappa shape index (κ2) is 8.49. The van der Waals surface area contributed by atoms with Crippen LogP contribution in [0.1, 0.15) is 47.0 Å². The molecule has 0 saturated carbocycles. The van der Waals surface area contributed by atoms with Crippen molar-refractivity contribution in [1.29, 1.82) is 0 Å². The van der Waals surface area contributed by atoms with Crippen LogP contribution in [0, 0.1) is 0 Å². The third kappa shape index (κ3) is 7.43. The first-order chi connectivity index (χ1) is 7.81. The molecule has 1 atom stereocenters. The van der Waals surface area contributed by atoms with Gasteiger partial charge >= 0.3 is 7.60 Å². The highest BCUT2D eigenvalue weighted by molar-refractivity contribution is 7.54. The summed E-state index contributed by atoms with van der Waals surface area (Å²) in [5.74, 6) is -0.539. The molecule has 0 heterocycles. The minimum absolute atomic E-state index is 0.248. The Morgan fingerprint density at radius 1 is 1.12 bits per heavy atom. The fourth-order valence-corrected chi connectivity index (χ4v) is 3.53. The Labute approximate surface area is 109 Å². The number of rotatable bonds is 9. The van der Waals surface area contributed by atoms with Gasteiger partial charge in [-0.05, 0) is 47.0 Å². The first-order valence-corrected chi connectivity index (χ1v) is 8.17. The summed E-state index contributed by atoms with van der Waals surface area (Å²) in [5, 5.41) is 9.94. The fraction of sp³-hybridized carbons (Fsp3) is 1.00. The molecule has 17 heavy (non-hydrogen) atoms. The Bertz CT molecular complexity index is 232. The Morgan fingerprint density at radius 3 is 1.94 bits per heavy atom. The second-order valence-electron chi connectivity index (χ2n) is 4.51. The topological polar surface area (TPSA) is 55.8 Å². The van der Waals surface area contributed by atoms with Crippen molar-refractivity contribution in [2.45, 2.75) is 65.0 Å². The van der Waals surface area contributed by atoms with Gasteiger partial charge in [-0.3, -0.25) is 4.57 Å². The molecule has 0 saturated heterocycles. The number of unbranched alkanes of at least 4 members (excludes halogenated alkanes) is 1. The van der Waals surface area contributed by atoms with Crippen LogP contribution in [0.25, 0.3) is 0 Å². The molecule has 0 aromatic rings. The van der Waals surface area contributed by atoms with Gasteiger partial charge in [0.1, 0.15) is 0 Å². The van der Waals surface area contributed by atoms with Crippen LogP contribution in [0.3, 0.4) is 0 Å². The molecule has 0 amide bonds. The zero-order valence-corrected chi connectivity index (χ0v) is 12.7. The summed E-state index contributed by atoms with van der Waals surface area (Å²) < 4.78 is 23.0. The molecule has 104 valence electrons. The number of hydrogen-bond acceptors (Lipinski definition) is 4. The van der Waals surface area contributed by atoms with Gasteiger partial charge in [0.15, 0.2) is 5.85 Å². The molecule has 0 aliphatic carbocycles. The lowest BCUT2D eigenvalue weighted by atomic mass is 10.3. The SMILES string of the molecule is CC(C)OP(=O)(OC(C)C)[C@H](O)CCCCCl. The van der Waals surface area contributed by atoms with Gasteiger partial charge < -0.3 is 14.2 Å². The maximum atomic E-state index is 12.4. The predicted octanol–water partition coefficient (Wildman–Crippen LogP) is 3.76. The minimum Gasteiger partial charge on any atom is -0.380 e. The van der Waals surface area contributed by atoms with Gasteiger partial charge in [0.25, 0.3) is 0 Å². The van der Waals surface area contributed by atoms with Crippen LogP contribution in [-0.4, -0.2) is 29.0 Å². The third-order valence-corrected chi connectivity index (χ3v) is 4.61. The van der Waals surface area contributed by atoms with Crippen LogP contribution in [0.15, 0.2) is 0 Å². The minimum atomic E-state index is -3.45. The van der Waals surface area contributed by atoms with Crippen molar-refractivity contribution < 1.29 is 18.7 Å². The van der Waals surface area contributed by atoms with E-state index in [1.807, 2.05) is 0 Å². The van der Waals surface area contributed by atoms with Crippen LogP contribution in [0.2, 0.25) is 0 Å². The standard InChI is InChI=1S/C11H24ClO4P/c1-9(2)15-17(14,16-10(3)4)11(13)7-5-6-8-12/h9-11,13H,5-8H2,1-4H3/t11-/m0/s1. The molecule has 0 aromatic carbocycles. The Hall–Kier alpha value is 0.400. The highest BCUT2D eigenvalue weighted by Gasteiger charge is 2.36. The highest BCUT2D eigenvalue weighted by Crippen LogP contribution is 2.55. The maximum absolute atomic E-state index is 12.4. The molecule has 0 aliphatic heterocycles. The average Bonchev–Trinajstić information content (AvgIpc) is 2.15. The van der Waals surface area contributed by atoms with Crippen LogP contribution < -0.4 is 0 Å². The Kier molecular flexibility index (Phi) is 8.69. The molecule has 1 N–H and O–H groups in total. The van der Waals surface area contributed by atoms with Gasteiger partial charge in [-0.2, -0.15) is 0 Å². The van der Waals surface area contributed by atoms with E-state index in [0.29, 0.717) is 18.7 Å². The molecule has 0 rings (SSSR count). The lowest BCUT2D eigenvalue weighted by Gasteiger charge is -2.26. The van der Waals surface area contributed by atoms with E-state index in [1.54, 1.807) is 27.7 Å². The summed E-state index contributed by atoms with van der Waals surface area (Å²) in [6.45, 7) is 7.06. The number of halogens is 1. The van der Waals surface area contributed by atoms with Gasteiger partial charge in [0, 0.05) is 5.88 Å². The summed E-state index contributed by atoms with van der Waals surface area (Å²) in [6, 6.07) is 0. The summed E-state index contributed by atoms with van der Waals surface area (Å²) in [6.07, 6.45) is 1.37. The summed E-state index contributed by atoms with van der Waals surface area (Å²) in [4.78, 5) is 0. The summed E-state index contributed by atoms with van der Waals surface area (Å²) in [5.41, 5.74) is 0. The maximum Gasteiger partial charge on any atom is 0.359 e. The van der Waals surface area contributed by atoms with Crippen LogP contribution in [0.5, 0.6) is 0 Å². The van der Waals surface area contributed by atoms with E-state index < -0.39 is 13.4 Å². The Morgan fingerprint density at radius 2 is 1.59 bits per heavy atom. The molecule has 6 heteroatoms. The quantitative estimate of drug-likeness (QED) is 0.398. The molecule has 4 nitrogen and oxygen atoms in total. The fourth-order valence-electron chi connectivity index (χ4n) is 1.33. The van der Waals surface area contributed by atoms with Crippen LogP contribution in [-0.2, 0) is 13.6 Å². The molecule has 0 radical (unpaired) electrons. The van der Waals surface area contributed by atoms with Crippen molar-refractivity contribution in [1.82, 2.24) is 0 Å². The lowest BCUT2D eigenvalue weighted by Crippen LogP contribution is -2.18. The van der Waals surface area contributed by atoms with E-state index in [1.165, 1.54) is 0 Å². The van der Waals surface area contributed by atoms with Gasteiger partial charge in [-0.1, -0.05) is 0 Å². The monoisotopic (exact) mass is 286 g/mol.